The van der Waals surface area contributed by atoms with Gasteiger partial charge in [0.15, 0.2) is 11.5 Å². The zero-order valence-electron chi connectivity index (χ0n) is 16.0. The van der Waals surface area contributed by atoms with Crippen LogP contribution >= 0.6 is 11.6 Å². The first-order chi connectivity index (χ1) is 13.9. The van der Waals surface area contributed by atoms with Gasteiger partial charge in [-0.3, -0.25) is 9.69 Å². The van der Waals surface area contributed by atoms with Crippen LogP contribution in [0.15, 0.2) is 42.1 Å². The van der Waals surface area contributed by atoms with Crippen molar-refractivity contribution in [3.63, 3.8) is 0 Å². The molecule has 1 heterocycles. The number of carbonyl (C=O) groups excluding carboxylic acids is 2. The number of hydrogen-bond donors (Lipinski definition) is 1. The second kappa shape index (κ2) is 8.96. The maximum absolute atomic E-state index is 13.4. The van der Waals surface area contributed by atoms with Crippen LogP contribution in [0.3, 0.4) is 0 Å². The van der Waals surface area contributed by atoms with E-state index in [0.29, 0.717) is 29.2 Å². The number of hydrogen-bond acceptors (Lipinski definition) is 4. The topological polar surface area (TPSA) is 67.9 Å². The highest BCUT2D eigenvalue weighted by Gasteiger charge is 2.32. The van der Waals surface area contributed by atoms with Crippen LogP contribution in [0.1, 0.15) is 25.0 Å². The van der Waals surface area contributed by atoms with Crippen molar-refractivity contribution in [2.45, 2.75) is 20.5 Å². The van der Waals surface area contributed by atoms with Gasteiger partial charge in [0.25, 0.3) is 5.91 Å². The van der Waals surface area contributed by atoms with Crippen molar-refractivity contribution < 1.29 is 23.5 Å². The number of amides is 3. The molecule has 0 radical (unpaired) electrons. The van der Waals surface area contributed by atoms with Gasteiger partial charge in [0.1, 0.15) is 18.1 Å². The molecule has 1 N–H and O–H groups in total. The maximum atomic E-state index is 13.4. The highest BCUT2D eigenvalue weighted by Crippen LogP contribution is 2.38. The van der Waals surface area contributed by atoms with Gasteiger partial charge in [-0.1, -0.05) is 23.7 Å². The molecule has 2 aromatic carbocycles. The number of imide groups is 1. The Balaban J connectivity index is 1.87. The molecule has 2 aromatic rings. The molecule has 0 atom stereocenters. The van der Waals surface area contributed by atoms with Crippen LogP contribution in [0.2, 0.25) is 5.02 Å². The Labute approximate surface area is 172 Å². The first kappa shape index (κ1) is 20.7. The van der Waals surface area contributed by atoms with Gasteiger partial charge >= 0.3 is 6.03 Å². The summed E-state index contributed by atoms with van der Waals surface area (Å²) in [5.74, 6) is -0.0594. The van der Waals surface area contributed by atoms with Crippen molar-refractivity contribution in [2.75, 3.05) is 13.2 Å². The fourth-order valence-electron chi connectivity index (χ4n) is 2.88. The molecule has 1 fully saturated rings. The molecule has 1 saturated heterocycles. The lowest BCUT2D eigenvalue weighted by Gasteiger charge is -2.15. The van der Waals surface area contributed by atoms with E-state index in [1.807, 2.05) is 6.92 Å². The number of carbonyl (C=O) groups is 2. The first-order valence-electron chi connectivity index (χ1n) is 9.11. The molecule has 0 saturated carbocycles. The van der Waals surface area contributed by atoms with Crippen LogP contribution in [0.25, 0.3) is 6.08 Å². The summed E-state index contributed by atoms with van der Waals surface area (Å²) in [6.45, 7) is 4.29. The third kappa shape index (κ3) is 4.68. The summed E-state index contributed by atoms with van der Waals surface area (Å²) in [5, 5.41) is 2.81. The quantitative estimate of drug-likeness (QED) is 0.535. The van der Waals surface area contributed by atoms with Gasteiger partial charge in [0, 0.05) is 6.54 Å². The van der Waals surface area contributed by atoms with E-state index >= 15 is 0 Å². The van der Waals surface area contributed by atoms with Crippen molar-refractivity contribution in [3.8, 4) is 11.5 Å². The molecule has 0 aliphatic carbocycles. The van der Waals surface area contributed by atoms with Crippen LogP contribution in [0.5, 0.6) is 11.5 Å². The first-order valence-corrected chi connectivity index (χ1v) is 9.48. The smallest absolute Gasteiger partial charge is 0.328 e. The van der Waals surface area contributed by atoms with Crippen LogP contribution in [0.4, 0.5) is 9.18 Å². The lowest BCUT2D eigenvalue weighted by Crippen LogP contribution is -2.30. The Kier molecular flexibility index (Phi) is 6.39. The Hall–Kier alpha value is -3.06. The lowest BCUT2D eigenvalue weighted by molar-refractivity contribution is -0.122. The maximum Gasteiger partial charge on any atom is 0.328 e. The van der Waals surface area contributed by atoms with Gasteiger partial charge < -0.3 is 14.8 Å². The van der Waals surface area contributed by atoms with Crippen LogP contribution in [-0.2, 0) is 11.4 Å². The highest BCUT2D eigenvalue weighted by atomic mass is 35.5. The minimum absolute atomic E-state index is 0.109. The van der Waals surface area contributed by atoms with Crippen LogP contribution in [0, 0.1) is 5.82 Å². The van der Waals surface area contributed by atoms with Gasteiger partial charge in [-0.2, -0.15) is 0 Å². The molecule has 1 aliphatic heterocycles. The molecule has 3 amide bonds. The predicted molar refractivity (Wildman–Crippen MR) is 107 cm³/mol. The molecule has 3 rings (SSSR count). The molecule has 0 spiro atoms. The minimum Gasteiger partial charge on any atom is -0.490 e. The summed E-state index contributed by atoms with van der Waals surface area (Å²) in [6.07, 6.45) is 1.53. The van der Waals surface area contributed by atoms with Crippen molar-refractivity contribution >= 4 is 29.6 Å². The third-order valence-corrected chi connectivity index (χ3v) is 4.47. The standard InChI is InChI=1S/C21H20ClFN2O4/c1-3-25-20(26)17(24-21(25)27)10-14-9-16(22)19(18(11-14)28-4-2)29-12-13-6-5-7-15(23)8-13/h5-11H,3-4,12H2,1-2H3,(H,24,27)/b17-10+. The van der Waals surface area contributed by atoms with Crippen LogP contribution in [-0.4, -0.2) is 30.0 Å². The summed E-state index contributed by atoms with van der Waals surface area (Å²) in [6, 6.07) is 8.87. The minimum atomic E-state index is -0.463. The van der Waals surface area contributed by atoms with Gasteiger partial charge in [-0.15, -0.1) is 0 Å². The molecule has 8 heteroatoms. The molecule has 1 aliphatic rings. The second-order valence-corrected chi connectivity index (χ2v) is 6.63. The second-order valence-electron chi connectivity index (χ2n) is 6.22. The fraction of sp³-hybridized carbons (Fsp3) is 0.238. The Morgan fingerprint density at radius 2 is 1.97 bits per heavy atom. The summed E-state index contributed by atoms with van der Waals surface area (Å²) < 4.78 is 24.8. The zero-order chi connectivity index (χ0) is 21.0. The summed E-state index contributed by atoms with van der Waals surface area (Å²) >= 11 is 6.38. The van der Waals surface area contributed by atoms with Crippen molar-refractivity contribution in [1.29, 1.82) is 0 Å². The number of halogens is 2. The van der Waals surface area contributed by atoms with Crippen molar-refractivity contribution in [2.24, 2.45) is 0 Å². The van der Waals surface area contributed by atoms with Crippen LogP contribution < -0.4 is 14.8 Å². The van der Waals surface area contributed by atoms with E-state index in [9.17, 15) is 14.0 Å². The van der Waals surface area contributed by atoms with Gasteiger partial charge in [-0.25, -0.2) is 9.18 Å². The van der Waals surface area contributed by atoms with E-state index < -0.39 is 11.9 Å². The van der Waals surface area contributed by atoms with Gasteiger partial charge in [-0.05, 0) is 55.3 Å². The third-order valence-electron chi connectivity index (χ3n) is 4.19. The average Bonchev–Trinajstić information content (AvgIpc) is 2.94. The monoisotopic (exact) mass is 418 g/mol. The number of benzene rings is 2. The van der Waals surface area contributed by atoms with Crippen molar-refractivity contribution in [1.82, 2.24) is 10.2 Å². The fourth-order valence-corrected chi connectivity index (χ4v) is 3.16. The Bertz CT molecular complexity index is 977. The summed E-state index contributed by atoms with van der Waals surface area (Å²) in [7, 11) is 0. The van der Waals surface area contributed by atoms with E-state index in [-0.39, 0.29) is 29.7 Å². The molecule has 6 nitrogen and oxygen atoms in total. The van der Waals surface area contributed by atoms with Crippen molar-refractivity contribution in [3.05, 3.63) is 64.1 Å². The molecular formula is C21H20ClFN2O4. The molecule has 0 unspecified atom stereocenters. The van der Waals surface area contributed by atoms with E-state index in [4.69, 9.17) is 21.1 Å². The predicted octanol–water partition coefficient (Wildman–Crippen LogP) is 4.37. The van der Waals surface area contributed by atoms with E-state index in [0.717, 1.165) is 4.90 Å². The lowest BCUT2D eigenvalue weighted by atomic mass is 10.1. The normalized spacial score (nSPS) is 15.0. The highest BCUT2D eigenvalue weighted by molar-refractivity contribution is 6.32. The van der Waals surface area contributed by atoms with E-state index in [1.54, 1.807) is 31.2 Å². The molecule has 0 bridgehead atoms. The number of rotatable bonds is 7. The number of urea groups is 1. The molecular weight excluding hydrogens is 399 g/mol. The molecule has 152 valence electrons. The largest absolute Gasteiger partial charge is 0.490 e. The Morgan fingerprint density at radius 1 is 1.17 bits per heavy atom. The summed E-state index contributed by atoms with van der Waals surface area (Å²) in [5.41, 5.74) is 1.37. The van der Waals surface area contributed by atoms with Gasteiger partial charge in [0.2, 0.25) is 0 Å². The Morgan fingerprint density at radius 3 is 2.62 bits per heavy atom. The molecule has 29 heavy (non-hydrogen) atoms. The van der Waals surface area contributed by atoms with Gasteiger partial charge in [0.05, 0.1) is 11.6 Å². The van der Waals surface area contributed by atoms with E-state index in [1.165, 1.54) is 18.2 Å². The SMILES string of the molecule is CCOc1cc(/C=C2/NC(=O)N(CC)C2=O)cc(Cl)c1OCc1cccc(F)c1. The number of nitrogens with one attached hydrogen (secondary N) is 1. The zero-order valence-corrected chi connectivity index (χ0v) is 16.8. The summed E-state index contributed by atoms with van der Waals surface area (Å²) in [4.78, 5) is 25.2. The van der Waals surface area contributed by atoms with E-state index in [2.05, 4.69) is 5.32 Å². The number of likely N-dealkylation sites (N-methyl/N-ethyl adjacent to an activating group) is 1. The number of nitrogens with zero attached hydrogens (tertiary/aromatic N) is 1. The molecule has 0 aromatic heterocycles. The average molecular weight is 419 g/mol. The number of ether oxygens (including phenoxy) is 2.